The molecule has 1 heterocycles. The summed E-state index contributed by atoms with van der Waals surface area (Å²) in [4.78, 5) is 7.92. The van der Waals surface area contributed by atoms with Gasteiger partial charge in [-0.05, 0) is 25.2 Å². The second kappa shape index (κ2) is 5.83. The van der Waals surface area contributed by atoms with Gasteiger partial charge in [0.2, 0.25) is 0 Å². The lowest BCUT2D eigenvalue weighted by molar-refractivity contribution is 0.284. The second-order valence-corrected chi connectivity index (χ2v) is 5.97. The van der Waals surface area contributed by atoms with Crippen molar-refractivity contribution >= 4 is 16.5 Å². The Labute approximate surface area is 107 Å². The van der Waals surface area contributed by atoms with E-state index >= 15 is 0 Å². The van der Waals surface area contributed by atoms with Gasteiger partial charge in [0.15, 0.2) is 5.13 Å². The minimum atomic E-state index is 0.123. The van der Waals surface area contributed by atoms with Crippen LogP contribution in [-0.2, 0) is 13.0 Å². The summed E-state index contributed by atoms with van der Waals surface area (Å²) in [5.41, 5.74) is 1.06. The number of hydrogen-bond acceptors (Lipinski definition) is 4. The normalized spacial score (nSPS) is 16.6. The van der Waals surface area contributed by atoms with Crippen molar-refractivity contribution in [1.82, 2.24) is 4.98 Å². The number of nitrogens with zero attached hydrogens (tertiary/aromatic N) is 2. The van der Waals surface area contributed by atoms with Crippen LogP contribution in [0, 0.1) is 5.92 Å². The topological polar surface area (TPSA) is 36.4 Å². The molecule has 0 bridgehead atoms. The lowest BCUT2D eigenvalue weighted by Gasteiger charge is -2.19. The van der Waals surface area contributed by atoms with Gasteiger partial charge in [-0.1, -0.05) is 31.1 Å². The molecule has 1 fully saturated rings. The van der Waals surface area contributed by atoms with Gasteiger partial charge in [-0.15, -0.1) is 0 Å². The summed E-state index contributed by atoms with van der Waals surface area (Å²) in [5, 5.41) is 10.3. The highest BCUT2D eigenvalue weighted by molar-refractivity contribution is 7.15. The summed E-state index contributed by atoms with van der Waals surface area (Å²) < 4.78 is 0. The molecule has 2 rings (SSSR count). The van der Waals surface area contributed by atoms with Crippen molar-refractivity contribution in [3.63, 3.8) is 0 Å². The third kappa shape index (κ3) is 2.99. The number of thiazole rings is 1. The van der Waals surface area contributed by atoms with E-state index in [4.69, 9.17) is 0 Å². The zero-order valence-corrected chi connectivity index (χ0v) is 11.6. The van der Waals surface area contributed by atoms with Crippen LogP contribution in [0.15, 0.2) is 0 Å². The van der Waals surface area contributed by atoms with Crippen LogP contribution in [0.2, 0.25) is 0 Å². The number of anilines is 1. The first-order valence-corrected chi connectivity index (χ1v) is 7.36. The van der Waals surface area contributed by atoms with Crippen LogP contribution in [0.5, 0.6) is 0 Å². The van der Waals surface area contributed by atoms with E-state index in [1.807, 2.05) is 0 Å². The first-order valence-electron chi connectivity index (χ1n) is 6.55. The lowest BCUT2D eigenvalue weighted by atomic mass is 10.1. The number of aliphatic hydroxyl groups is 1. The maximum absolute atomic E-state index is 9.28. The Bertz CT molecular complexity index is 337. The lowest BCUT2D eigenvalue weighted by Crippen LogP contribution is -2.23. The molecule has 0 aliphatic heterocycles. The van der Waals surface area contributed by atoms with Gasteiger partial charge in [-0.25, -0.2) is 4.98 Å². The van der Waals surface area contributed by atoms with E-state index in [0.29, 0.717) is 0 Å². The van der Waals surface area contributed by atoms with E-state index in [2.05, 4.69) is 23.9 Å². The fraction of sp³-hybridized carbons (Fsp3) is 0.769. The fourth-order valence-corrected chi connectivity index (χ4v) is 3.57. The zero-order valence-electron chi connectivity index (χ0n) is 10.8. The summed E-state index contributed by atoms with van der Waals surface area (Å²) in [5.74, 6) is 0.839. The largest absolute Gasteiger partial charge is 0.391 e. The van der Waals surface area contributed by atoms with Gasteiger partial charge in [-0.3, -0.25) is 0 Å². The molecular weight excluding hydrogens is 232 g/mol. The second-order valence-electron chi connectivity index (χ2n) is 4.91. The van der Waals surface area contributed by atoms with Crippen LogP contribution in [0.25, 0.3) is 0 Å². The minimum absolute atomic E-state index is 0.123. The average Bonchev–Trinajstić information content (AvgIpc) is 2.96. The molecule has 0 amide bonds. The van der Waals surface area contributed by atoms with Crippen molar-refractivity contribution in [2.45, 2.75) is 45.6 Å². The highest BCUT2D eigenvalue weighted by atomic mass is 32.1. The van der Waals surface area contributed by atoms with Crippen LogP contribution in [0.3, 0.4) is 0 Å². The van der Waals surface area contributed by atoms with E-state index in [1.165, 1.54) is 25.7 Å². The SMILES string of the molecule is CCc1nc(N(C)CC2CCCC2)sc1CO. The molecule has 1 N–H and O–H groups in total. The number of hydrogen-bond donors (Lipinski definition) is 1. The molecule has 0 radical (unpaired) electrons. The molecule has 0 unspecified atom stereocenters. The first-order chi connectivity index (χ1) is 8.24. The van der Waals surface area contributed by atoms with Gasteiger partial charge < -0.3 is 10.0 Å². The van der Waals surface area contributed by atoms with Crippen LogP contribution in [0.1, 0.15) is 43.2 Å². The fourth-order valence-electron chi connectivity index (χ4n) is 2.59. The van der Waals surface area contributed by atoms with Crippen molar-refractivity contribution in [3.8, 4) is 0 Å². The van der Waals surface area contributed by atoms with Gasteiger partial charge in [0.1, 0.15) is 0 Å². The Morgan fingerprint density at radius 1 is 1.41 bits per heavy atom. The molecule has 3 nitrogen and oxygen atoms in total. The third-order valence-corrected chi connectivity index (χ3v) is 4.78. The maximum Gasteiger partial charge on any atom is 0.185 e. The summed E-state index contributed by atoms with van der Waals surface area (Å²) in [6.07, 6.45) is 6.41. The number of aryl methyl sites for hydroxylation is 1. The predicted octanol–water partition coefficient (Wildman–Crippen LogP) is 2.82. The Morgan fingerprint density at radius 2 is 2.12 bits per heavy atom. The van der Waals surface area contributed by atoms with Gasteiger partial charge in [0.05, 0.1) is 17.2 Å². The summed E-state index contributed by atoms with van der Waals surface area (Å²) >= 11 is 1.64. The molecule has 1 aliphatic rings. The van der Waals surface area contributed by atoms with Crippen molar-refractivity contribution in [1.29, 1.82) is 0 Å². The van der Waals surface area contributed by atoms with Crippen molar-refractivity contribution < 1.29 is 5.11 Å². The zero-order chi connectivity index (χ0) is 12.3. The molecule has 96 valence electrons. The average molecular weight is 254 g/mol. The van der Waals surface area contributed by atoms with E-state index in [1.54, 1.807) is 11.3 Å². The Morgan fingerprint density at radius 3 is 2.65 bits per heavy atom. The molecule has 1 aliphatic carbocycles. The molecular formula is C13H22N2OS. The Balaban J connectivity index is 2.02. The molecule has 0 atom stereocenters. The maximum atomic E-state index is 9.28. The minimum Gasteiger partial charge on any atom is -0.391 e. The van der Waals surface area contributed by atoms with Crippen LogP contribution >= 0.6 is 11.3 Å². The molecule has 0 spiro atoms. The molecule has 17 heavy (non-hydrogen) atoms. The van der Waals surface area contributed by atoms with E-state index in [-0.39, 0.29) is 6.61 Å². The van der Waals surface area contributed by atoms with Gasteiger partial charge in [-0.2, -0.15) is 0 Å². The predicted molar refractivity (Wildman–Crippen MR) is 72.6 cm³/mol. The summed E-state index contributed by atoms with van der Waals surface area (Å²) in [6, 6.07) is 0. The number of aromatic nitrogens is 1. The molecule has 1 aromatic rings. The Kier molecular flexibility index (Phi) is 4.40. The molecule has 4 heteroatoms. The quantitative estimate of drug-likeness (QED) is 0.878. The standard InChI is InChI=1S/C13H22N2OS/c1-3-11-12(9-16)17-13(14-11)15(2)8-10-6-4-5-7-10/h10,16H,3-9H2,1-2H3. The van der Waals surface area contributed by atoms with Crippen LogP contribution in [-0.4, -0.2) is 23.7 Å². The number of rotatable bonds is 5. The van der Waals surface area contributed by atoms with E-state index in [9.17, 15) is 5.11 Å². The highest BCUT2D eigenvalue weighted by Gasteiger charge is 2.19. The highest BCUT2D eigenvalue weighted by Crippen LogP contribution is 2.30. The Hall–Kier alpha value is -0.610. The third-order valence-electron chi connectivity index (χ3n) is 3.58. The van der Waals surface area contributed by atoms with E-state index in [0.717, 1.165) is 34.6 Å². The smallest absolute Gasteiger partial charge is 0.185 e. The van der Waals surface area contributed by atoms with Gasteiger partial charge in [0.25, 0.3) is 0 Å². The molecule has 1 aromatic heterocycles. The number of aliphatic hydroxyl groups excluding tert-OH is 1. The summed E-state index contributed by atoms with van der Waals surface area (Å²) in [7, 11) is 2.12. The summed E-state index contributed by atoms with van der Waals surface area (Å²) in [6.45, 7) is 3.33. The van der Waals surface area contributed by atoms with Gasteiger partial charge in [0, 0.05) is 13.6 Å². The van der Waals surface area contributed by atoms with Crippen LogP contribution in [0.4, 0.5) is 5.13 Å². The van der Waals surface area contributed by atoms with Crippen molar-refractivity contribution in [3.05, 3.63) is 10.6 Å². The van der Waals surface area contributed by atoms with Crippen molar-refractivity contribution in [2.24, 2.45) is 5.92 Å². The first kappa shape index (κ1) is 12.8. The molecule has 0 aromatic carbocycles. The van der Waals surface area contributed by atoms with Crippen LogP contribution < -0.4 is 4.90 Å². The molecule has 1 saturated carbocycles. The van der Waals surface area contributed by atoms with Gasteiger partial charge >= 0.3 is 0 Å². The van der Waals surface area contributed by atoms with Crippen molar-refractivity contribution in [2.75, 3.05) is 18.5 Å². The molecule has 0 saturated heterocycles. The van der Waals surface area contributed by atoms with E-state index < -0.39 is 0 Å². The monoisotopic (exact) mass is 254 g/mol.